The molecule has 176 valence electrons. The fourth-order valence-corrected chi connectivity index (χ4v) is 5.83. The van der Waals surface area contributed by atoms with Crippen molar-refractivity contribution in [2.24, 2.45) is 0 Å². The molecule has 9 heteroatoms. The second-order valence-corrected chi connectivity index (χ2v) is 10.1. The molecule has 1 amide bonds. The van der Waals surface area contributed by atoms with Gasteiger partial charge in [-0.15, -0.1) is 0 Å². The highest BCUT2D eigenvalue weighted by molar-refractivity contribution is 7.90. The number of ether oxygens (including phenoxy) is 3. The van der Waals surface area contributed by atoms with Gasteiger partial charge in [0.25, 0.3) is 0 Å². The van der Waals surface area contributed by atoms with E-state index in [1.807, 2.05) is 53.3 Å². The molecule has 2 heterocycles. The number of aromatic nitrogens is 1. The van der Waals surface area contributed by atoms with E-state index in [4.69, 9.17) is 14.2 Å². The van der Waals surface area contributed by atoms with Crippen molar-refractivity contribution < 1.29 is 27.4 Å². The van der Waals surface area contributed by atoms with Crippen LogP contribution in [0.1, 0.15) is 41.6 Å². The molecule has 0 bridgehead atoms. The molecule has 1 N–H and O–H groups in total. The lowest BCUT2D eigenvalue weighted by molar-refractivity contribution is -0.119. The number of amides is 1. The van der Waals surface area contributed by atoms with E-state index in [2.05, 4.69) is 4.98 Å². The minimum Gasteiger partial charge on any atom is -0.486 e. The maximum atomic E-state index is 11.9. The van der Waals surface area contributed by atoms with Gasteiger partial charge in [-0.25, -0.2) is 8.42 Å². The van der Waals surface area contributed by atoms with E-state index in [1.54, 1.807) is 19.2 Å². The van der Waals surface area contributed by atoms with Crippen LogP contribution >= 0.6 is 0 Å². The summed E-state index contributed by atoms with van der Waals surface area (Å²) < 4.78 is 43.2. The van der Waals surface area contributed by atoms with Gasteiger partial charge in [0, 0.05) is 30.0 Å². The van der Waals surface area contributed by atoms with Crippen LogP contribution in [-0.4, -0.2) is 32.2 Å². The van der Waals surface area contributed by atoms with E-state index in [-0.39, 0.29) is 24.2 Å². The first-order valence-electron chi connectivity index (χ1n) is 11.0. The molecule has 1 unspecified atom stereocenters. The number of carbonyl (C=O) groups excluding carboxylic acids is 1. The van der Waals surface area contributed by atoms with Gasteiger partial charge in [0.1, 0.15) is 17.6 Å². The van der Waals surface area contributed by atoms with Crippen LogP contribution in [0.4, 0.5) is 0 Å². The first kappa shape index (κ1) is 22.2. The highest BCUT2D eigenvalue weighted by Gasteiger charge is 2.31. The molecule has 8 nitrogen and oxygen atoms in total. The van der Waals surface area contributed by atoms with Crippen molar-refractivity contribution in [1.29, 1.82) is 0 Å². The van der Waals surface area contributed by atoms with Gasteiger partial charge in [-0.3, -0.25) is 9.52 Å². The molecule has 2 aliphatic rings. The van der Waals surface area contributed by atoms with Gasteiger partial charge in [0.05, 0.1) is 12.9 Å². The average Bonchev–Trinajstić information content (AvgIpc) is 3.22. The van der Waals surface area contributed by atoms with Gasteiger partial charge in [0.15, 0.2) is 0 Å². The Bertz CT molecular complexity index is 1320. The predicted molar refractivity (Wildman–Crippen MR) is 125 cm³/mol. The van der Waals surface area contributed by atoms with E-state index >= 15 is 0 Å². The van der Waals surface area contributed by atoms with Crippen molar-refractivity contribution in [3.8, 4) is 23.3 Å². The van der Waals surface area contributed by atoms with Crippen molar-refractivity contribution in [3.63, 3.8) is 0 Å². The van der Waals surface area contributed by atoms with Crippen LogP contribution in [0, 0.1) is 0 Å². The molecule has 1 aliphatic heterocycles. The zero-order chi connectivity index (χ0) is 23.7. The van der Waals surface area contributed by atoms with Crippen LogP contribution in [0.2, 0.25) is 0 Å². The third-order valence-corrected chi connectivity index (χ3v) is 7.43. The number of pyridine rings is 1. The average molecular weight is 481 g/mol. The molecular weight excluding hydrogens is 456 g/mol. The number of fused-ring (bicyclic) bond motifs is 1. The molecule has 34 heavy (non-hydrogen) atoms. The fraction of sp³-hybridized carbons (Fsp3) is 0.280. The Morgan fingerprint density at radius 3 is 2.53 bits per heavy atom. The van der Waals surface area contributed by atoms with Crippen LogP contribution in [0.5, 0.6) is 23.3 Å². The topological polar surface area (TPSA) is 104 Å². The molecule has 1 aromatic heterocycles. The number of hydrogen-bond donors (Lipinski definition) is 1. The summed E-state index contributed by atoms with van der Waals surface area (Å²) in [4.78, 5) is 16.0. The summed E-state index contributed by atoms with van der Waals surface area (Å²) >= 11 is 0. The Morgan fingerprint density at radius 2 is 1.76 bits per heavy atom. The summed E-state index contributed by atoms with van der Waals surface area (Å²) in [5.74, 6) is 1.46. The van der Waals surface area contributed by atoms with Gasteiger partial charge in [0.2, 0.25) is 27.7 Å². The number of nitrogens with one attached hydrogen (secondary N) is 1. The number of methoxy groups -OCH3 is 1. The molecule has 3 aromatic rings. The number of benzene rings is 2. The van der Waals surface area contributed by atoms with Crippen molar-refractivity contribution in [3.05, 3.63) is 77.4 Å². The van der Waals surface area contributed by atoms with E-state index < -0.39 is 15.9 Å². The monoisotopic (exact) mass is 480 g/mol. The fourth-order valence-electron chi connectivity index (χ4n) is 4.48. The number of sulfonamides is 1. The zero-order valence-electron chi connectivity index (χ0n) is 18.6. The van der Waals surface area contributed by atoms with E-state index in [0.29, 0.717) is 17.5 Å². The Labute approximate surface area is 197 Å². The standard InChI is InChI=1S/C25H24N2O6S/c1-31-24-6-3-7-25(26-24)33-21-5-2-4-19-20(21)12-13-22(19)32-18-10-8-16(9-11-18)17-14-23(28)27-34(29,30)15-17/h2-11,17,22H,12-15H2,1H3,(H,27,28)/t17?,22-/m1/s1. The van der Waals surface area contributed by atoms with Crippen molar-refractivity contribution in [2.75, 3.05) is 12.9 Å². The SMILES string of the molecule is COc1cccc(Oc2cccc3c2CC[C@H]3Oc2ccc(C3CC(=O)NS(=O)(=O)C3)cc2)n1. The molecule has 1 aliphatic carbocycles. The lowest BCUT2D eigenvalue weighted by atomic mass is 9.97. The minimum absolute atomic E-state index is 0.0974. The number of rotatable bonds is 6. The molecule has 1 fully saturated rings. The first-order valence-corrected chi connectivity index (χ1v) is 12.7. The van der Waals surface area contributed by atoms with Gasteiger partial charge in [-0.1, -0.05) is 30.3 Å². The summed E-state index contributed by atoms with van der Waals surface area (Å²) in [5.41, 5.74) is 2.96. The maximum absolute atomic E-state index is 11.9. The number of hydrogen-bond acceptors (Lipinski definition) is 7. The summed E-state index contributed by atoms with van der Waals surface area (Å²) in [5, 5.41) is 0. The molecule has 0 saturated carbocycles. The van der Waals surface area contributed by atoms with Gasteiger partial charge >= 0.3 is 0 Å². The highest BCUT2D eigenvalue weighted by Crippen LogP contribution is 2.41. The number of carbonyl (C=O) groups is 1. The quantitative estimate of drug-likeness (QED) is 0.571. The molecule has 0 spiro atoms. The van der Waals surface area contributed by atoms with Gasteiger partial charge in [-0.05, 0) is 42.2 Å². The Morgan fingerprint density at radius 1 is 1.00 bits per heavy atom. The van der Waals surface area contributed by atoms with Crippen LogP contribution in [0.3, 0.4) is 0 Å². The Kier molecular flexibility index (Phi) is 5.87. The van der Waals surface area contributed by atoms with Gasteiger partial charge < -0.3 is 14.2 Å². The van der Waals surface area contributed by atoms with E-state index in [0.717, 1.165) is 35.3 Å². The molecule has 5 rings (SSSR count). The van der Waals surface area contributed by atoms with Crippen LogP contribution in [0.25, 0.3) is 0 Å². The Hall–Kier alpha value is -3.59. The molecule has 1 saturated heterocycles. The summed E-state index contributed by atoms with van der Waals surface area (Å²) in [6.07, 6.45) is 1.65. The summed E-state index contributed by atoms with van der Waals surface area (Å²) in [6.45, 7) is 0. The lowest BCUT2D eigenvalue weighted by Gasteiger charge is -2.23. The van der Waals surface area contributed by atoms with Crippen molar-refractivity contribution in [2.45, 2.75) is 31.3 Å². The predicted octanol–water partition coefficient (Wildman–Crippen LogP) is 3.88. The van der Waals surface area contributed by atoms with E-state index in [9.17, 15) is 13.2 Å². The largest absolute Gasteiger partial charge is 0.486 e. The maximum Gasteiger partial charge on any atom is 0.235 e. The second-order valence-electron chi connectivity index (χ2n) is 8.37. The molecule has 0 radical (unpaired) electrons. The molecule has 2 aromatic carbocycles. The second kappa shape index (κ2) is 8.98. The third-order valence-electron chi connectivity index (χ3n) is 6.05. The first-order chi connectivity index (χ1) is 16.4. The van der Waals surface area contributed by atoms with Crippen molar-refractivity contribution in [1.82, 2.24) is 9.71 Å². The third kappa shape index (κ3) is 4.70. The summed E-state index contributed by atoms with van der Waals surface area (Å²) in [6, 6.07) is 18.6. The Balaban J connectivity index is 1.30. The lowest BCUT2D eigenvalue weighted by Crippen LogP contribution is -2.40. The van der Waals surface area contributed by atoms with Crippen LogP contribution < -0.4 is 18.9 Å². The minimum atomic E-state index is -3.58. The molecule has 2 atom stereocenters. The van der Waals surface area contributed by atoms with Crippen LogP contribution in [0.15, 0.2) is 60.7 Å². The smallest absolute Gasteiger partial charge is 0.235 e. The van der Waals surface area contributed by atoms with E-state index in [1.165, 1.54) is 0 Å². The highest BCUT2D eigenvalue weighted by atomic mass is 32.2. The van der Waals surface area contributed by atoms with Crippen LogP contribution in [-0.2, 0) is 21.2 Å². The van der Waals surface area contributed by atoms with Crippen molar-refractivity contribution >= 4 is 15.9 Å². The van der Waals surface area contributed by atoms with Gasteiger partial charge in [-0.2, -0.15) is 4.98 Å². The normalized spacial score (nSPS) is 20.8. The molecular formula is C25H24N2O6S. The number of nitrogens with zero attached hydrogens (tertiary/aromatic N) is 1. The zero-order valence-corrected chi connectivity index (χ0v) is 19.4. The summed E-state index contributed by atoms with van der Waals surface area (Å²) in [7, 11) is -2.01.